The normalized spacial score (nSPS) is 7.56. The molecule has 0 spiro atoms. The van der Waals surface area contributed by atoms with Gasteiger partial charge in [-0.1, -0.05) is 26.2 Å². The van der Waals surface area contributed by atoms with Crippen LogP contribution in [0.3, 0.4) is 0 Å². The van der Waals surface area contributed by atoms with E-state index in [0.29, 0.717) is 0 Å². The Morgan fingerprint density at radius 1 is 1.22 bits per heavy atom. The first-order chi connectivity index (χ1) is 3.91. The molecule has 0 saturated carbocycles. The summed E-state index contributed by atoms with van der Waals surface area (Å²) in [6.07, 6.45) is 12.4. The fraction of sp³-hybridized carbons (Fsp3) is 0.750. The summed E-state index contributed by atoms with van der Waals surface area (Å²) in [4.78, 5) is 0. The largest absolute Gasteiger partial charge is 1.00 e. The molecular weight excluding hydrogens is 119 g/mol. The molecule has 0 aromatic rings. The summed E-state index contributed by atoms with van der Waals surface area (Å²) in [5, 5.41) is 0. The Bertz CT molecular complexity index is 71.1. The zero-order chi connectivity index (χ0) is 6.24. The maximum atomic E-state index is 6.59. The average molecular weight is 132 g/mol. The predicted molar refractivity (Wildman–Crippen MR) is 35.9 cm³/mol. The van der Waals surface area contributed by atoms with Crippen LogP contribution in [0.25, 0.3) is 0 Å². The summed E-state index contributed by atoms with van der Waals surface area (Å²) in [6.45, 7) is 2.19. The van der Waals surface area contributed by atoms with Gasteiger partial charge in [0.25, 0.3) is 0 Å². The summed E-state index contributed by atoms with van der Waals surface area (Å²) < 4.78 is 0. The number of unbranched alkanes of at least 4 members (excludes halogenated alkanes) is 4. The van der Waals surface area contributed by atoms with Crippen LogP contribution in [0.2, 0.25) is 0 Å². The summed E-state index contributed by atoms with van der Waals surface area (Å²) in [7, 11) is 0. The molecule has 0 bridgehead atoms. The van der Waals surface area contributed by atoms with Crippen molar-refractivity contribution in [2.75, 3.05) is 0 Å². The quantitative estimate of drug-likeness (QED) is 0.210. The van der Waals surface area contributed by atoms with Gasteiger partial charge in [0.2, 0.25) is 0 Å². The van der Waals surface area contributed by atoms with Crippen LogP contribution in [0, 0.1) is 12.3 Å². The summed E-state index contributed by atoms with van der Waals surface area (Å²) in [6, 6.07) is 0. The van der Waals surface area contributed by atoms with Crippen LogP contribution in [0.5, 0.6) is 0 Å². The molecule has 0 N–H and O–H groups in total. The molecule has 0 saturated heterocycles. The van der Waals surface area contributed by atoms with Crippen molar-refractivity contribution >= 4 is 0 Å². The predicted octanol–water partition coefficient (Wildman–Crippen LogP) is -0.449. The molecule has 0 aliphatic carbocycles. The average Bonchev–Trinajstić information content (AvgIpc) is 1.81. The van der Waals surface area contributed by atoms with E-state index in [1.54, 1.807) is 0 Å². The Hall–Kier alpha value is 0.560. The summed E-state index contributed by atoms with van der Waals surface area (Å²) in [5.74, 6) is 2.38. The fourth-order valence-electron chi connectivity index (χ4n) is 0.640. The molecule has 0 heterocycles. The minimum Gasteiger partial charge on any atom is -0.694 e. The van der Waals surface area contributed by atoms with Crippen molar-refractivity contribution in [3.8, 4) is 5.92 Å². The number of hydrogen-bond acceptors (Lipinski definition) is 0. The third kappa shape index (κ3) is 11.9. The van der Waals surface area contributed by atoms with E-state index in [9.17, 15) is 0 Å². The first-order valence-electron chi connectivity index (χ1n) is 3.31. The summed E-state index contributed by atoms with van der Waals surface area (Å²) in [5.41, 5.74) is 0. The van der Waals surface area contributed by atoms with Crippen LogP contribution < -0.4 is 29.6 Å². The van der Waals surface area contributed by atoms with Gasteiger partial charge >= 0.3 is 29.6 Å². The zero-order valence-corrected chi connectivity index (χ0v) is 8.54. The Kier molecular flexibility index (Phi) is 15.5. The van der Waals surface area contributed by atoms with E-state index in [2.05, 4.69) is 12.8 Å². The van der Waals surface area contributed by atoms with Crippen molar-refractivity contribution in [1.82, 2.24) is 0 Å². The third-order valence-corrected chi connectivity index (χ3v) is 1.16. The molecule has 0 unspecified atom stereocenters. The van der Waals surface area contributed by atoms with Crippen molar-refractivity contribution in [3.63, 3.8) is 0 Å². The standard InChI is InChI=1S/C8H13.Na/c1-3-5-7-8-6-4-2;/h3,5-8H2,1H3;/q-1;+1. The van der Waals surface area contributed by atoms with E-state index in [1.807, 2.05) is 0 Å². The smallest absolute Gasteiger partial charge is 0.694 e. The van der Waals surface area contributed by atoms with Gasteiger partial charge in [-0.2, -0.15) is 0 Å². The van der Waals surface area contributed by atoms with Gasteiger partial charge in [0.15, 0.2) is 0 Å². The summed E-state index contributed by atoms with van der Waals surface area (Å²) >= 11 is 0. The first kappa shape index (κ1) is 12.3. The first-order valence-corrected chi connectivity index (χ1v) is 3.31. The van der Waals surface area contributed by atoms with E-state index in [0.717, 1.165) is 12.8 Å². The molecule has 0 rings (SSSR count). The third-order valence-electron chi connectivity index (χ3n) is 1.16. The van der Waals surface area contributed by atoms with Gasteiger partial charge in [0.05, 0.1) is 0 Å². The van der Waals surface area contributed by atoms with Crippen LogP contribution in [0.1, 0.15) is 39.0 Å². The van der Waals surface area contributed by atoms with Gasteiger partial charge in [0, 0.05) is 0 Å². The molecule has 9 heavy (non-hydrogen) atoms. The molecule has 0 aliphatic rings. The maximum Gasteiger partial charge on any atom is 1.00 e. The van der Waals surface area contributed by atoms with Crippen molar-refractivity contribution in [3.05, 3.63) is 6.42 Å². The molecular formula is C8H13Na. The number of rotatable bonds is 4. The molecule has 0 fully saturated rings. The van der Waals surface area contributed by atoms with Crippen LogP contribution in [0.15, 0.2) is 0 Å². The second kappa shape index (κ2) is 11.4. The van der Waals surface area contributed by atoms with E-state index in [1.165, 1.54) is 19.3 Å². The Morgan fingerprint density at radius 3 is 2.33 bits per heavy atom. The monoisotopic (exact) mass is 132 g/mol. The fourth-order valence-corrected chi connectivity index (χ4v) is 0.640. The SMILES string of the molecule is [C-]#CCCCCCC.[Na+]. The Balaban J connectivity index is 0. The zero-order valence-electron chi connectivity index (χ0n) is 6.54. The second-order valence-corrected chi connectivity index (χ2v) is 1.99. The molecule has 0 amide bonds. The second-order valence-electron chi connectivity index (χ2n) is 1.99. The van der Waals surface area contributed by atoms with E-state index >= 15 is 0 Å². The maximum absolute atomic E-state index is 6.59. The molecule has 1 heteroatoms. The topological polar surface area (TPSA) is 0 Å². The van der Waals surface area contributed by atoms with Crippen LogP contribution >= 0.6 is 0 Å². The van der Waals surface area contributed by atoms with Crippen molar-refractivity contribution in [2.24, 2.45) is 0 Å². The minimum absolute atomic E-state index is 0. The molecule has 0 nitrogen and oxygen atoms in total. The van der Waals surface area contributed by atoms with Gasteiger partial charge in [-0.3, -0.25) is 0 Å². The minimum atomic E-state index is 0. The van der Waals surface area contributed by atoms with Crippen molar-refractivity contribution in [2.45, 2.75) is 39.0 Å². The van der Waals surface area contributed by atoms with Gasteiger partial charge in [-0.15, -0.1) is 0 Å². The van der Waals surface area contributed by atoms with Crippen LogP contribution in [-0.4, -0.2) is 0 Å². The van der Waals surface area contributed by atoms with Crippen LogP contribution in [-0.2, 0) is 0 Å². The van der Waals surface area contributed by atoms with Gasteiger partial charge in [-0.05, 0) is 12.8 Å². The van der Waals surface area contributed by atoms with Crippen LogP contribution in [0.4, 0.5) is 0 Å². The van der Waals surface area contributed by atoms with E-state index < -0.39 is 0 Å². The van der Waals surface area contributed by atoms with E-state index in [-0.39, 0.29) is 29.6 Å². The molecule has 0 atom stereocenters. The van der Waals surface area contributed by atoms with Gasteiger partial charge in [-0.25, -0.2) is 0 Å². The van der Waals surface area contributed by atoms with Gasteiger partial charge in [0.1, 0.15) is 0 Å². The molecule has 46 valence electrons. The Labute approximate surface area is 80.7 Å². The number of hydrogen-bond donors (Lipinski definition) is 0. The molecule has 0 aliphatic heterocycles. The van der Waals surface area contributed by atoms with E-state index in [4.69, 9.17) is 6.42 Å². The van der Waals surface area contributed by atoms with Crippen molar-refractivity contribution in [1.29, 1.82) is 0 Å². The van der Waals surface area contributed by atoms with Crippen molar-refractivity contribution < 1.29 is 29.6 Å². The Morgan fingerprint density at radius 2 is 1.89 bits per heavy atom. The molecule has 0 aromatic carbocycles. The molecule has 0 radical (unpaired) electrons. The molecule has 0 aromatic heterocycles. The van der Waals surface area contributed by atoms with Gasteiger partial charge < -0.3 is 12.3 Å².